The number of imidazole rings is 1. The van der Waals surface area contributed by atoms with Gasteiger partial charge in [-0.3, -0.25) is 14.5 Å². The number of nitrogen functional groups attached to an aromatic ring is 1. The first-order chi connectivity index (χ1) is 9.08. The zero-order valence-electron chi connectivity index (χ0n) is 10.0. The number of thiophene rings is 1. The lowest BCUT2D eigenvalue weighted by molar-refractivity contribution is -0.380. The van der Waals surface area contributed by atoms with Gasteiger partial charge in [0.15, 0.2) is 0 Å². The van der Waals surface area contributed by atoms with Crippen molar-refractivity contribution < 1.29 is 4.92 Å². The molecule has 0 amide bonds. The van der Waals surface area contributed by atoms with Crippen LogP contribution in [0.4, 0.5) is 10.8 Å². The Morgan fingerprint density at radius 2 is 2.21 bits per heavy atom. The number of nitrogens with two attached hydrogens (primary N) is 1. The van der Waals surface area contributed by atoms with Crippen LogP contribution < -0.4 is 5.73 Å². The number of nitrogens with zero attached hydrogens (tertiary/aromatic N) is 3. The molecule has 3 rings (SSSR count). The van der Waals surface area contributed by atoms with Gasteiger partial charge in [-0.05, 0) is 24.6 Å². The Balaban J connectivity index is 2.22. The normalized spacial score (nSPS) is 11.0. The number of hydrogen-bond acceptors (Lipinski definition) is 5. The average Bonchev–Trinajstić information content (AvgIpc) is 2.96. The number of fused-ring (bicyclic) bond motifs is 1. The molecule has 0 saturated heterocycles. The van der Waals surface area contributed by atoms with Crippen LogP contribution in [0.1, 0.15) is 5.56 Å². The second kappa shape index (κ2) is 4.06. The van der Waals surface area contributed by atoms with E-state index < -0.39 is 4.92 Å². The number of rotatable bonds is 2. The monoisotopic (exact) mass is 274 g/mol. The Labute approximate surface area is 112 Å². The first-order valence-electron chi connectivity index (χ1n) is 5.55. The molecule has 7 heteroatoms. The summed E-state index contributed by atoms with van der Waals surface area (Å²) in [5, 5.41) is 10.8. The van der Waals surface area contributed by atoms with E-state index in [1.165, 1.54) is 6.07 Å². The van der Waals surface area contributed by atoms with Crippen molar-refractivity contribution in [3.05, 3.63) is 46.1 Å². The molecular formula is C12H10N4O2S. The van der Waals surface area contributed by atoms with Crippen molar-refractivity contribution in [2.24, 2.45) is 0 Å². The van der Waals surface area contributed by atoms with E-state index in [4.69, 9.17) is 5.73 Å². The van der Waals surface area contributed by atoms with Crippen molar-refractivity contribution in [2.45, 2.75) is 6.92 Å². The van der Waals surface area contributed by atoms with Gasteiger partial charge in [0, 0.05) is 12.3 Å². The van der Waals surface area contributed by atoms with Gasteiger partial charge in [0.1, 0.15) is 17.2 Å². The standard InChI is InChI=1S/C12H10N4O2S/c1-7-3-2-6-15-11(13)10(14-12(7)15)8-4-5-9(19-8)16(17)18/h2-6H,13H2,1H3. The van der Waals surface area contributed by atoms with Gasteiger partial charge < -0.3 is 5.73 Å². The van der Waals surface area contributed by atoms with Gasteiger partial charge in [0.2, 0.25) is 0 Å². The highest BCUT2D eigenvalue weighted by Gasteiger charge is 2.17. The molecule has 0 atom stereocenters. The van der Waals surface area contributed by atoms with Crippen LogP contribution in [0.3, 0.4) is 0 Å². The molecular weight excluding hydrogens is 264 g/mol. The highest BCUT2D eigenvalue weighted by molar-refractivity contribution is 7.18. The molecule has 0 aliphatic carbocycles. The summed E-state index contributed by atoms with van der Waals surface area (Å²) in [6, 6.07) is 6.98. The molecule has 0 aromatic carbocycles. The van der Waals surface area contributed by atoms with Crippen molar-refractivity contribution in [1.82, 2.24) is 9.38 Å². The van der Waals surface area contributed by atoms with Crippen LogP contribution in [-0.4, -0.2) is 14.3 Å². The summed E-state index contributed by atoms with van der Waals surface area (Å²) in [6.07, 6.45) is 1.83. The zero-order valence-corrected chi connectivity index (χ0v) is 10.8. The average molecular weight is 274 g/mol. The summed E-state index contributed by atoms with van der Waals surface area (Å²) < 4.78 is 1.79. The van der Waals surface area contributed by atoms with E-state index in [1.807, 2.05) is 25.3 Å². The largest absolute Gasteiger partial charge is 0.383 e. The number of aryl methyl sites for hydroxylation is 1. The van der Waals surface area contributed by atoms with Crippen molar-refractivity contribution in [1.29, 1.82) is 0 Å². The lowest BCUT2D eigenvalue weighted by atomic mass is 10.3. The van der Waals surface area contributed by atoms with E-state index >= 15 is 0 Å². The van der Waals surface area contributed by atoms with Crippen LogP contribution in [0.25, 0.3) is 16.2 Å². The van der Waals surface area contributed by atoms with Gasteiger partial charge in [-0.15, -0.1) is 0 Å². The summed E-state index contributed by atoms with van der Waals surface area (Å²) in [5.41, 5.74) is 8.43. The lowest BCUT2D eigenvalue weighted by Gasteiger charge is -1.97. The summed E-state index contributed by atoms with van der Waals surface area (Å²) >= 11 is 1.07. The number of anilines is 1. The van der Waals surface area contributed by atoms with Crippen LogP contribution >= 0.6 is 11.3 Å². The fourth-order valence-electron chi connectivity index (χ4n) is 1.96. The van der Waals surface area contributed by atoms with Crippen molar-refractivity contribution in [2.75, 3.05) is 5.73 Å². The summed E-state index contributed by atoms with van der Waals surface area (Å²) in [7, 11) is 0. The predicted octanol–water partition coefficient (Wildman–Crippen LogP) is 2.86. The van der Waals surface area contributed by atoms with Gasteiger partial charge in [-0.2, -0.15) is 0 Å². The smallest absolute Gasteiger partial charge is 0.324 e. The molecule has 0 unspecified atom stereocenters. The number of nitro groups is 1. The number of aromatic nitrogens is 2. The molecule has 3 aromatic heterocycles. The maximum Gasteiger partial charge on any atom is 0.324 e. The molecule has 3 heterocycles. The highest BCUT2D eigenvalue weighted by atomic mass is 32.1. The van der Waals surface area contributed by atoms with Gasteiger partial charge >= 0.3 is 5.00 Å². The molecule has 3 aromatic rings. The zero-order chi connectivity index (χ0) is 13.6. The van der Waals surface area contributed by atoms with E-state index in [0.717, 1.165) is 22.5 Å². The SMILES string of the molecule is Cc1cccn2c(N)c(-c3ccc([N+](=O)[O-])s3)nc12. The van der Waals surface area contributed by atoms with Crippen LogP contribution in [0.5, 0.6) is 0 Å². The molecule has 0 saturated carbocycles. The maximum atomic E-state index is 10.7. The molecule has 2 N–H and O–H groups in total. The topological polar surface area (TPSA) is 86.5 Å². The van der Waals surface area contributed by atoms with E-state index in [0.29, 0.717) is 16.4 Å². The first-order valence-corrected chi connectivity index (χ1v) is 6.37. The summed E-state index contributed by atoms with van der Waals surface area (Å²) in [6.45, 7) is 1.95. The molecule has 96 valence electrons. The third-order valence-electron chi connectivity index (χ3n) is 2.89. The minimum atomic E-state index is -0.411. The third-order valence-corrected chi connectivity index (χ3v) is 3.93. The minimum Gasteiger partial charge on any atom is -0.383 e. The van der Waals surface area contributed by atoms with Gasteiger partial charge in [-0.1, -0.05) is 17.4 Å². The predicted molar refractivity (Wildman–Crippen MR) is 74.3 cm³/mol. The molecule has 0 aliphatic heterocycles. The molecule has 0 fully saturated rings. The fraction of sp³-hybridized carbons (Fsp3) is 0.0833. The minimum absolute atomic E-state index is 0.0863. The van der Waals surface area contributed by atoms with Gasteiger partial charge in [0.25, 0.3) is 0 Å². The van der Waals surface area contributed by atoms with Crippen LogP contribution in [0.15, 0.2) is 30.5 Å². The van der Waals surface area contributed by atoms with E-state index in [-0.39, 0.29) is 5.00 Å². The first kappa shape index (κ1) is 11.7. The Morgan fingerprint density at radius 1 is 1.42 bits per heavy atom. The maximum absolute atomic E-state index is 10.7. The molecule has 6 nitrogen and oxygen atoms in total. The van der Waals surface area contributed by atoms with Crippen molar-refractivity contribution >= 4 is 27.8 Å². The summed E-state index contributed by atoms with van der Waals surface area (Å²) in [5.74, 6) is 0.496. The van der Waals surface area contributed by atoms with Gasteiger partial charge in [-0.25, -0.2) is 4.98 Å². The van der Waals surface area contributed by atoms with Gasteiger partial charge in [0.05, 0.1) is 9.80 Å². The highest BCUT2D eigenvalue weighted by Crippen LogP contribution is 2.35. The Hall–Kier alpha value is -2.41. The number of pyridine rings is 1. The van der Waals surface area contributed by atoms with Crippen LogP contribution in [-0.2, 0) is 0 Å². The van der Waals surface area contributed by atoms with E-state index in [2.05, 4.69) is 4.98 Å². The van der Waals surface area contributed by atoms with Crippen molar-refractivity contribution in [3.8, 4) is 10.6 Å². The Morgan fingerprint density at radius 3 is 2.84 bits per heavy atom. The Kier molecular flexibility index (Phi) is 2.49. The second-order valence-corrected chi connectivity index (χ2v) is 5.19. The van der Waals surface area contributed by atoms with Crippen LogP contribution in [0.2, 0.25) is 0 Å². The molecule has 0 aliphatic rings. The molecule has 0 radical (unpaired) electrons. The fourth-order valence-corrected chi connectivity index (χ4v) is 2.78. The Bertz CT molecular complexity index is 790. The summed E-state index contributed by atoms with van der Waals surface area (Å²) in [4.78, 5) is 15.5. The van der Waals surface area contributed by atoms with Crippen LogP contribution in [0, 0.1) is 17.0 Å². The van der Waals surface area contributed by atoms with Crippen molar-refractivity contribution in [3.63, 3.8) is 0 Å². The molecule has 0 bridgehead atoms. The quantitative estimate of drug-likeness (QED) is 0.575. The third kappa shape index (κ3) is 1.75. The molecule has 0 spiro atoms. The van der Waals surface area contributed by atoms with E-state index in [1.54, 1.807) is 10.5 Å². The lowest BCUT2D eigenvalue weighted by Crippen LogP contribution is -1.93. The number of hydrogen-bond donors (Lipinski definition) is 1. The second-order valence-electron chi connectivity index (χ2n) is 4.13. The molecule has 19 heavy (non-hydrogen) atoms. The van der Waals surface area contributed by atoms with E-state index in [9.17, 15) is 10.1 Å².